The van der Waals surface area contributed by atoms with Crippen LogP contribution in [0.15, 0.2) is 29.2 Å². The first-order valence-electron chi connectivity index (χ1n) is 12.5. The predicted molar refractivity (Wildman–Crippen MR) is 140 cm³/mol. The molecule has 0 saturated heterocycles. The lowest BCUT2D eigenvalue weighted by Gasteiger charge is -2.24. The Labute approximate surface area is 210 Å². The summed E-state index contributed by atoms with van der Waals surface area (Å²) in [6.07, 6.45) is 4.00. The van der Waals surface area contributed by atoms with E-state index in [2.05, 4.69) is 48.6 Å². The Hall–Kier alpha value is -3.00. The minimum atomic E-state index is -0.280. The molecule has 186 valence electrons. The lowest BCUT2D eigenvalue weighted by molar-refractivity contribution is -0.118. The average molecular weight is 495 g/mol. The number of hydrogen-bond acceptors (Lipinski definition) is 5. The van der Waals surface area contributed by atoms with Gasteiger partial charge >= 0.3 is 0 Å². The van der Waals surface area contributed by atoms with E-state index in [4.69, 9.17) is 0 Å². The van der Waals surface area contributed by atoms with Crippen molar-refractivity contribution in [3.8, 4) is 0 Å². The molecule has 1 aliphatic heterocycles. The number of carbonyl (C=O) groups excluding carboxylic acids is 3. The van der Waals surface area contributed by atoms with Crippen molar-refractivity contribution < 1.29 is 14.4 Å². The molecule has 1 aliphatic carbocycles. The highest BCUT2D eigenvalue weighted by atomic mass is 32.1. The Balaban J connectivity index is 1.43. The Kier molecular flexibility index (Phi) is 7.69. The summed E-state index contributed by atoms with van der Waals surface area (Å²) in [5.74, 6) is 0.419. The third kappa shape index (κ3) is 5.32. The molecule has 2 atom stereocenters. The second-order valence-corrected chi connectivity index (χ2v) is 10.7. The minimum Gasteiger partial charge on any atom is -0.352 e. The first kappa shape index (κ1) is 25.1. The van der Waals surface area contributed by atoms with Crippen LogP contribution in [0.5, 0.6) is 0 Å². The maximum absolute atomic E-state index is 13.0. The molecule has 0 spiro atoms. The van der Waals surface area contributed by atoms with Crippen LogP contribution in [0, 0.1) is 11.8 Å². The fraction of sp³-hybridized carbons (Fsp3) is 0.481. The molecule has 8 heteroatoms. The standard InChI is InChI=1S/C27H34N4O3S/c1-5-18-19-10-9-17(12-20(19)22-16(4)13-29-26(34)23(18)22)24(32)31-27-30-21(14-35-27)25(33)28-11-7-6-8-15(2)3/h9-10,12,14-16,18H,5-8,11,13H2,1-4H3,(H,28,33)(H,29,34)(H,30,31,32). The van der Waals surface area contributed by atoms with E-state index in [0.29, 0.717) is 35.4 Å². The van der Waals surface area contributed by atoms with Crippen molar-refractivity contribution in [3.05, 3.63) is 51.5 Å². The first-order chi connectivity index (χ1) is 16.8. The SMILES string of the molecule is CCC1C2=C(c3cc(C(=O)Nc4nc(C(=O)NCCCCC(C)C)cs4)ccc31)C(C)CNC2=O. The lowest BCUT2D eigenvalue weighted by atomic mass is 9.88. The third-order valence-electron chi connectivity index (χ3n) is 6.79. The van der Waals surface area contributed by atoms with Crippen LogP contribution in [0.25, 0.3) is 5.57 Å². The molecule has 3 N–H and O–H groups in total. The van der Waals surface area contributed by atoms with E-state index in [9.17, 15) is 14.4 Å². The molecule has 1 aromatic carbocycles. The number of benzene rings is 1. The van der Waals surface area contributed by atoms with E-state index in [1.807, 2.05) is 12.1 Å². The van der Waals surface area contributed by atoms with Gasteiger partial charge in [-0.3, -0.25) is 19.7 Å². The van der Waals surface area contributed by atoms with Crippen molar-refractivity contribution in [1.82, 2.24) is 15.6 Å². The molecule has 3 amide bonds. The van der Waals surface area contributed by atoms with Crippen molar-refractivity contribution in [2.24, 2.45) is 11.8 Å². The van der Waals surface area contributed by atoms with E-state index in [0.717, 1.165) is 48.0 Å². The second kappa shape index (κ2) is 10.7. The summed E-state index contributed by atoms with van der Waals surface area (Å²) < 4.78 is 0. The third-order valence-corrected chi connectivity index (χ3v) is 7.54. The number of unbranched alkanes of at least 4 members (excludes halogenated alkanes) is 1. The smallest absolute Gasteiger partial charge is 0.270 e. The van der Waals surface area contributed by atoms with E-state index in [-0.39, 0.29) is 29.6 Å². The number of carbonyl (C=O) groups is 3. The molecule has 0 fully saturated rings. The molecule has 2 heterocycles. The molecule has 1 aromatic heterocycles. The Morgan fingerprint density at radius 1 is 1.20 bits per heavy atom. The average Bonchev–Trinajstić information content (AvgIpc) is 3.43. The van der Waals surface area contributed by atoms with Crippen molar-refractivity contribution in [3.63, 3.8) is 0 Å². The van der Waals surface area contributed by atoms with Gasteiger partial charge in [-0.15, -0.1) is 11.3 Å². The minimum absolute atomic E-state index is 0.000616. The van der Waals surface area contributed by atoms with Crippen LogP contribution in [0.3, 0.4) is 0 Å². The maximum Gasteiger partial charge on any atom is 0.270 e. The van der Waals surface area contributed by atoms with Crippen LogP contribution in [0.4, 0.5) is 5.13 Å². The first-order valence-corrected chi connectivity index (χ1v) is 13.4. The van der Waals surface area contributed by atoms with Crippen LogP contribution in [0.1, 0.15) is 91.3 Å². The molecule has 2 aliphatic rings. The van der Waals surface area contributed by atoms with Gasteiger partial charge < -0.3 is 10.6 Å². The number of anilines is 1. The fourth-order valence-corrected chi connectivity index (χ4v) is 5.66. The summed E-state index contributed by atoms with van der Waals surface area (Å²) in [5.41, 5.74) is 4.84. The monoisotopic (exact) mass is 494 g/mol. The zero-order valence-electron chi connectivity index (χ0n) is 20.9. The molecule has 2 unspecified atom stereocenters. The summed E-state index contributed by atoms with van der Waals surface area (Å²) in [4.78, 5) is 42.3. The molecule has 7 nitrogen and oxygen atoms in total. The van der Waals surface area contributed by atoms with Gasteiger partial charge in [-0.25, -0.2) is 4.98 Å². The highest BCUT2D eigenvalue weighted by molar-refractivity contribution is 7.14. The molecular formula is C27H34N4O3S. The highest BCUT2D eigenvalue weighted by Crippen LogP contribution is 2.48. The Morgan fingerprint density at radius 2 is 2.00 bits per heavy atom. The summed E-state index contributed by atoms with van der Waals surface area (Å²) >= 11 is 1.23. The van der Waals surface area contributed by atoms with Crippen LogP contribution in [-0.4, -0.2) is 35.8 Å². The Morgan fingerprint density at radius 3 is 2.74 bits per heavy atom. The van der Waals surface area contributed by atoms with Crippen LogP contribution in [-0.2, 0) is 4.79 Å². The van der Waals surface area contributed by atoms with Crippen molar-refractivity contribution in [2.75, 3.05) is 18.4 Å². The number of hydrogen-bond donors (Lipinski definition) is 3. The van der Waals surface area contributed by atoms with Crippen molar-refractivity contribution in [2.45, 2.75) is 59.3 Å². The molecular weight excluding hydrogens is 460 g/mol. The largest absolute Gasteiger partial charge is 0.352 e. The molecule has 0 radical (unpaired) electrons. The van der Waals surface area contributed by atoms with Crippen LogP contribution in [0.2, 0.25) is 0 Å². The fourth-order valence-electron chi connectivity index (χ4n) is 4.98. The van der Waals surface area contributed by atoms with Gasteiger partial charge in [0.05, 0.1) is 0 Å². The van der Waals surface area contributed by atoms with Gasteiger partial charge in [-0.05, 0) is 53.5 Å². The number of thiazole rings is 1. The second-order valence-electron chi connectivity index (χ2n) is 9.84. The van der Waals surface area contributed by atoms with E-state index < -0.39 is 0 Å². The zero-order chi connectivity index (χ0) is 25.1. The van der Waals surface area contributed by atoms with E-state index >= 15 is 0 Å². The maximum atomic E-state index is 13.0. The quantitative estimate of drug-likeness (QED) is 0.428. The number of fused-ring (bicyclic) bond motifs is 2. The summed E-state index contributed by atoms with van der Waals surface area (Å²) in [7, 11) is 0. The predicted octanol–water partition coefficient (Wildman–Crippen LogP) is 4.98. The summed E-state index contributed by atoms with van der Waals surface area (Å²) in [6, 6.07) is 5.66. The van der Waals surface area contributed by atoms with Gasteiger partial charge in [0, 0.05) is 35.5 Å². The molecule has 2 aromatic rings. The van der Waals surface area contributed by atoms with Crippen LogP contribution >= 0.6 is 11.3 Å². The normalized spacial score (nSPS) is 18.8. The summed E-state index contributed by atoms with van der Waals surface area (Å²) in [5, 5.41) is 10.8. The number of nitrogens with one attached hydrogen (secondary N) is 3. The number of amides is 3. The van der Waals surface area contributed by atoms with Crippen molar-refractivity contribution in [1.29, 1.82) is 0 Å². The van der Waals surface area contributed by atoms with Crippen LogP contribution < -0.4 is 16.0 Å². The number of aromatic nitrogens is 1. The van der Waals surface area contributed by atoms with E-state index in [1.54, 1.807) is 11.4 Å². The zero-order valence-corrected chi connectivity index (χ0v) is 21.7. The topological polar surface area (TPSA) is 100 Å². The van der Waals surface area contributed by atoms with E-state index in [1.165, 1.54) is 11.3 Å². The van der Waals surface area contributed by atoms with Crippen molar-refractivity contribution >= 4 is 39.8 Å². The van der Waals surface area contributed by atoms with Gasteiger partial charge in [-0.2, -0.15) is 0 Å². The van der Waals surface area contributed by atoms with Gasteiger partial charge in [0.15, 0.2) is 5.13 Å². The number of rotatable bonds is 9. The molecule has 0 saturated carbocycles. The highest BCUT2D eigenvalue weighted by Gasteiger charge is 2.39. The molecule has 0 bridgehead atoms. The lowest BCUT2D eigenvalue weighted by Crippen LogP contribution is -2.35. The van der Waals surface area contributed by atoms with Gasteiger partial charge in [0.2, 0.25) is 5.91 Å². The van der Waals surface area contributed by atoms with Gasteiger partial charge in [0.25, 0.3) is 11.8 Å². The Bertz CT molecular complexity index is 1170. The molecule has 4 rings (SSSR count). The number of nitrogens with zero attached hydrogens (tertiary/aromatic N) is 1. The van der Waals surface area contributed by atoms with Gasteiger partial charge in [-0.1, -0.05) is 46.6 Å². The van der Waals surface area contributed by atoms with Gasteiger partial charge in [0.1, 0.15) is 5.69 Å². The molecule has 35 heavy (non-hydrogen) atoms. The summed E-state index contributed by atoms with van der Waals surface area (Å²) in [6.45, 7) is 9.80.